The average molecular weight is 402 g/mol. The molecule has 2 heteroatoms. The first-order chi connectivity index (χ1) is 15.2. The Labute approximate surface area is 181 Å². The van der Waals surface area contributed by atoms with Crippen molar-refractivity contribution in [3.63, 3.8) is 0 Å². The molecule has 1 aliphatic rings. The fourth-order valence-electron chi connectivity index (χ4n) is 4.28. The second-order valence-corrected chi connectivity index (χ2v) is 7.71. The zero-order valence-electron chi connectivity index (χ0n) is 17.0. The molecule has 2 N–H and O–H groups in total. The van der Waals surface area contributed by atoms with Gasteiger partial charge < -0.3 is 10.2 Å². The van der Waals surface area contributed by atoms with Crippen LogP contribution >= 0.6 is 0 Å². The van der Waals surface area contributed by atoms with Crippen molar-refractivity contribution in [2.24, 2.45) is 0 Å². The van der Waals surface area contributed by atoms with Gasteiger partial charge in [-0.15, -0.1) is 0 Å². The Morgan fingerprint density at radius 1 is 0.516 bits per heavy atom. The van der Waals surface area contributed by atoms with E-state index in [0.717, 1.165) is 22.8 Å². The molecule has 0 fully saturated rings. The van der Waals surface area contributed by atoms with Crippen molar-refractivity contribution in [1.82, 2.24) is 0 Å². The van der Waals surface area contributed by atoms with Gasteiger partial charge in [0.2, 0.25) is 0 Å². The fourth-order valence-corrected chi connectivity index (χ4v) is 4.28. The van der Waals surface area contributed by atoms with E-state index in [9.17, 15) is 10.2 Å². The first-order valence-electron chi connectivity index (χ1n) is 10.4. The van der Waals surface area contributed by atoms with Crippen LogP contribution in [0.4, 0.5) is 0 Å². The summed E-state index contributed by atoms with van der Waals surface area (Å²) in [6, 6.07) is 35.8. The minimum atomic E-state index is 0.310. The number of hydrogen-bond acceptors (Lipinski definition) is 2. The summed E-state index contributed by atoms with van der Waals surface area (Å²) in [6.45, 7) is 0. The van der Waals surface area contributed by atoms with Crippen molar-refractivity contribution >= 4 is 10.8 Å². The van der Waals surface area contributed by atoms with E-state index in [4.69, 9.17) is 0 Å². The number of benzene rings is 5. The maximum atomic E-state index is 9.44. The molecule has 0 aliphatic heterocycles. The highest BCUT2D eigenvalue weighted by atomic mass is 16.3. The Morgan fingerprint density at radius 3 is 2.00 bits per heavy atom. The molecule has 0 bridgehead atoms. The molecule has 31 heavy (non-hydrogen) atoms. The molecule has 2 nitrogen and oxygen atoms in total. The molecule has 5 aromatic rings. The van der Waals surface area contributed by atoms with Gasteiger partial charge in [-0.2, -0.15) is 0 Å². The van der Waals surface area contributed by atoms with Crippen molar-refractivity contribution in [1.29, 1.82) is 0 Å². The van der Waals surface area contributed by atoms with Gasteiger partial charge in [-0.05, 0) is 63.4 Å². The van der Waals surface area contributed by atoms with Crippen LogP contribution in [0.25, 0.3) is 33.0 Å². The van der Waals surface area contributed by atoms with E-state index < -0.39 is 0 Å². The molecule has 150 valence electrons. The van der Waals surface area contributed by atoms with Crippen LogP contribution in [0.2, 0.25) is 0 Å². The second-order valence-electron chi connectivity index (χ2n) is 7.71. The van der Waals surface area contributed by atoms with Crippen molar-refractivity contribution < 1.29 is 10.2 Å². The van der Waals surface area contributed by atoms with Gasteiger partial charge in [0, 0.05) is 5.39 Å². The number of rotatable bonds is 1. The fraction of sp³-hybridized carbons (Fsp3) is 0.0345. The maximum absolute atomic E-state index is 9.44. The van der Waals surface area contributed by atoms with Gasteiger partial charge in [0.05, 0.1) is 0 Å². The molecular formula is C29H22O2. The molecule has 0 heterocycles. The van der Waals surface area contributed by atoms with Crippen LogP contribution in [0.1, 0.15) is 11.1 Å². The molecule has 1 aliphatic carbocycles. The Bertz CT molecular complexity index is 1360. The molecule has 0 unspecified atom stereocenters. The van der Waals surface area contributed by atoms with Gasteiger partial charge in [0.25, 0.3) is 0 Å². The molecule has 0 atom stereocenters. The Balaban J connectivity index is 0.000000157. The summed E-state index contributed by atoms with van der Waals surface area (Å²) in [5, 5.41) is 20.8. The highest BCUT2D eigenvalue weighted by Gasteiger charge is 2.20. The largest absolute Gasteiger partial charge is 0.508 e. The predicted molar refractivity (Wildman–Crippen MR) is 127 cm³/mol. The maximum Gasteiger partial charge on any atom is 0.123 e. The molecule has 5 aromatic carbocycles. The van der Waals surface area contributed by atoms with Crippen LogP contribution in [0.5, 0.6) is 11.5 Å². The lowest BCUT2D eigenvalue weighted by Gasteiger charge is -2.09. The van der Waals surface area contributed by atoms with Gasteiger partial charge in [0.1, 0.15) is 11.5 Å². The topological polar surface area (TPSA) is 40.5 Å². The Hall–Kier alpha value is -4.04. The van der Waals surface area contributed by atoms with E-state index >= 15 is 0 Å². The van der Waals surface area contributed by atoms with E-state index in [1.807, 2.05) is 48.5 Å². The third kappa shape index (κ3) is 3.64. The predicted octanol–water partition coefficient (Wildman–Crippen LogP) is 7.18. The summed E-state index contributed by atoms with van der Waals surface area (Å²) in [6.07, 6.45) is 0.989. The van der Waals surface area contributed by atoms with E-state index in [-0.39, 0.29) is 0 Å². The normalized spacial score (nSPS) is 11.4. The summed E-state index contributed by atoms with van der Waals surface area (Å²) in [7, 11) is 0. The van der Waals surface area contributed by atoms with E-state index in [1.165, 1.54) is 27.8 Å². The zero-order chi connectivity index (χ0) is 21.2. The third-order valence-corrected chi connectivity index (χ3v) is 5.80. The molecule has 6 rings (SSSR count). The number of phenolic OH excluding ortho intramolecular Hbond substituents is 2. The van der Waals surface area contributed by atoms with Crippen molar-refractivity contribution in [2.75, 3.05) is 0 Å². The van der Waals surface area contributed by atoms with Crippen molar-refractivity contribution in [3.8, 4) is 33.8 Å². The Morgan fingerprint density at radius 2 is 1.16 bits per heavy atom. The number of aromatic hydroxyl groups is 2. The molecule has 0 aromatic heterocycles. The molecule has 0 saturated heterocycles. The number of fused-ring (bicyclic) bond motifs is 4. The van der Waals surface area contributed by atoms with Gasteiger partial charge in [0.15, 0.2) is 0 Å². The lowest BCUT2D eigenvalue weighted by atomic mass is 9.96. The molecule has 0 amide bonds. The average Bonchev–Trinajstić information content (AvgIpc) is 3.19. The molecule has 0 saturated carbocycles. The molecule has 0 radical (unpaired) electrons. The van der Waals surface area contributed by atoms with Crippen molar-refractivity contribution in [2.45, 2.75) is 6.42 Å². The smallest absolute Gasteiger partial charge is 0.123 e. The van der Waals surface area contributed by atoms with Crippen LogP contribution in [-0.2, 0) is 6.42 Å². The van der Waals surface area contributed by atoms with Gasteiger partial charge in [-0.3, -0.25) is 0 Å². The second kappa shape index (κ2) is 8.00. The number of hydrogen-bond donors (Lipinski definition) is 2. The SMILES string of the molecule is Oc1ccc(-c2cccc3c2Cc2ccccc2-3)cc1.Oc1cccc2ccccc12. The summed E-state index contributed by atoms with van der Waals surface area (Å²) < 4.78 is 0. The molecule has 0 spiro atoms. The van der Waals surface area contributed by atoms with Crippen molar-refractivity contribution in [3.05, 3.63) is 120 Å². The van der Waals surface area contributed by atoms with Gasteiger partial charge in [-0.25, -0.2) is 0 Å². The lowest BCUT2D eigenvalue weighted by molar-refractivity contribution is 0.475. The first-order valence-corrected chi connectivity index (χ1v) is 10.4. The van der Waals surface area contributed by atoms with Crippen LogP contribution in [0, 0.1) is 0 Å². The zero-order valence-corrected chi connectivity index (χ0v) is 17.0. The third-order valence-electron chi connectivity index (χ3n) is 5.80. The van der Waals surface area contributed by atoms with Crippen LogP contribution < -0.4 is 0 Å². The minimum Gasteiger partial charge on any atom is -0.508 e. The highest BCUT2D eigenvalue weighted by molar-refractivity contribution is 5.88. The Kier molecular flexibility index (Phi) is 4.89. The summed E-state index contributed by atoms with van der Waals surface area (Å²) in [5.74, 6) is 0.660. The molecular weight excluding hydrogens is 380 g/mol. The quantitative estimate of drug-likeness (QED) is 0.306. The minimum absolute atomic E-state index is 0.310. The monoisotopic (exact) mass is 402 g/mol. The standard InChI is InChI=1S/C19H14O.C10H8O/c20-15-10-8-13(9-11-15)16-6-3-7-18-17-5-2-1-4-14(17)12-19(16)18;11-10-7-3-5-8-4-1-2-6-9(8)10/h1-11,20H,12H2;1-7,11H. The lowest BCUT2D eigenvalue weighted by Crippen LogP contribution is -1.87. The summed E-state index contributed by atoms with van der Waals surface area (Å²) in [5.41, 5.74) is 7.90. The van der Waals surface area contributed by atoms with E-state index in [1.54, 1.807) is 18.2 Å². The summed E-state index contributed by atoms with van der Waals surface area (Å²) in [4.78, 5) is 0. The highest BCUT2D eigenvalue weighted by Crippen LogP contribution is 2.41. The van der Waals surface area contributed by atoms with Gasteiger partial charge in [-0.1, -0.05) is 91.0 Å². The summed E-state index contributed by atoms with van der Waals surface area (Å²) >= 11 is 0. The van der Waals surface area contributed by atoms with E-state index in [2.05, 4.69) is 42.5 Å². The van der Waals surface area contributed by atoms with Gasteiger partial charge >= 0.3 is 0 Å². The van der Waals surface area contributed by atoms with Crippen LogP contribution in [0.15, 0.2) is 109 Å². The van der Waals surface area contributed by atoms with Crippen LogP contribution in [-0.4, -0.2) is 10.2 Å². The van der Waals surface area contributed by atoms with E-state index in [0.29, 0.717) is 11.5 Å². The first kappa shape index (κ1) is 19.0. The van der Waals surface area contributed by atoms with Crippen LogP contribution in [0.3, 0.4) is 0 Å². The number of phenols is 2.